The standard InChI is InChI=1S/C18H39O4P.2K/c1-18(2)16-14-12-10-8-6-4-3-5-7-9-11-13-15-17-22-23(19,20)21;;/h18H,3-17H2,1-2H3,(H2,19,20,21);;/q;2*+1/p-2. The zero-order valence-corrected chi connectivity index (χ0v) is 24.4. The molecule has 0 aliphatic heterocycles. The summed E-state index contributed by atoms with van der Waals surface area (Å²) in [6, 6.07) is 0. The van der Waals surface area contributed by atoms with Crippen LogP contribution in [-0.2, 0) is 9.09 Å². The molecule has 0 aromatic rings. The van der Waals surface area contributed by atoms with Crippen LogP contribution in [0.25, 0.3) is 0 Å². The van der Waals surface area contributed by atoms with E-state index in [1.165, 1.54) is 70.6 Å². The Morgan fingerprint density at radius 2 is 1.00 bits per heavy atom. The second kappa shape index (κ2) is 23.7. The fraction of sp³-hybridized carbons (Fsp3) is 1.00. The van der Waals surface area contributed by atoms with Gasteiger partial charge in [0.25, 0.3) is 0 Å². The molecule has 0 bridgehead atoms. The van der Waals surface area contributed by atoms with Crippen LogP contribution in [0.1, 0.15) is 104 Å². The van der Waals surface area contributed by atoms with E-state index in [0.29, 0.717) is 6.42 Å². The van der Waals surface area contributed by atoms with Crippen molar-refractivity contribution >= 4 is 7.82 Å². The van der Waals surface area contributed by atoms with Gasteiger partial charge in [-0.1, -0.05) is 97.3 Å². The maximum atomic E-state index is 10.2. The van der Waals surface area contributed by atoms with Crippen LogP contribution in [0.5, 0.6) is 0 Å². The average molecular weight is 427 g/mol. The monoisotopic (exact) mass is 426 g/mol. The molecule has 0 N–H and O–H groups in total. The van der Waals surface area contributed by atoms with Gasteiger partial charge in [0.1, 0.15) is 0 Å². The molecular weight excluding hydrogens is 389 g/mol. The molecule has 0 unspecified atom stereocenters. The van der Waals surface area contributed by atoms with Crippen molar-refractivity contribution in [3.8, 4) is 0 Å². The number of unbranched alkanes of at least 4 members (excludes halogenated alkanes) is 12. The summed E-state index contributed by atoms with van der Waals surface area (Å²) in [6.45, 7) is 4.64. The summed E-state index contributed by atoms with van der Waals surface area (Å²) in [4.78, 5) is 20.5. The summed E-state index contributed by atoms with van der Waals surface area (Å²) in [7, 11) is -4.76. The molecule has 0 saturated carbocycles. The molecule has 0 aliphatic rings. The van der Waals surface area contributed by atoms with Gasteiger partial charge in [0.2, 0.25) is 0 Å². The molecule has 0 aromatic carbocycles. The largest absolute Gasteiger partial charge is 1.00 e. The Hall–Kier alpha value is 3.38. The normalized spacial score (nSPS) is 11.2. The van der Waals surface area contributed by atoms with Crippen molar-refractivity contribution in [3.05, 3.63) is 0 Å². The Labute approximate surface area is 241 Å². The smallest absolute Gasteiger partial charge is 0.790 e. The summed E-state index contributed by atoms with van der Waals surface area (Å²) < 4.78 is 14.4. The molecule has 0 radical (unpaired) electrons. The Morgan fingerprint density at radius 1 is 0.680 bits per heavy atom. The van der Waals surface area contributed by atoms with E-state index in [4.69, 9.17) is 0 Å². The van der Waals surface area contributed by atoms with Crippen molar-refractivity contribution < 1.29 is 122 Å². The third-order valence-electron chi connectivity index (χ3n) is 4.18. The average Bonchev–Trinajstić information content (AvgIpc) is 2.45. The predicted octanol–water partition coefficient (Wildman–Crippen LogP) is -1.04. The van der Waals surface area contributed by atoms with Gasteiger partial charge in [-0.15, -0.1) is 0 Å². The summed E-state index contributed by atoms with van der Waals surface area (Å²) in [6.07, 6.45) is 17.5. The number of hydrogen-bond acceptors (Lipinski definition) is 4. The summed E-state index contributed by atoms with van der Waals surface area (Å²) >= 11 is 0. The third-order valence-corrected chi connectivity index (χ3v) is 4.67. The molecule has 0 spiro atoms. The van der Waals surface area contributed by atoms with E-state index in [1.54, 1.807) is 0 Å². The Morgan fingerprint density at radius 3 is 1.32 bits per heavy atom. The fourth-order valence-electron chi connectivity index (χ4n) is 2.78. The SMILES string of the molecule is CC(C)CCCCCCCCCCCCCCCOP(=O)([O-])[O-].[K+].[K+]. The van der Waals surface area contributed by atoms with E-state index in [2.05, 4.69) is 18.4 Å². The Kier molecular flexibility index (Phi) is 31.3. The first kappa shape index (κ1) is 33.0. The quantitative estimate of drug-likeness (QED) is 0.169. The van der Waals surface area contributed by atoms with Crippen LogP contribution in [-0.4, -0.2) is 6.61 Å². The second-order valence-electron chi connectivity index (χ2n) is 7.06. The van der Waals surface area contributed by atoms with Gasteiger partial charge in [-0.2, -0.15) is 0 Å². The maximum absolute atomic E-state index is 10.2. The minimum atomic E-state index is -4.76. The van der Waals surface area contributed by atoms with Gasteiger partial charge >= 0.3 is 103 Å². The molecular formula is C18H37K2O4P. The minimum Gasteiger partial charge on any atom is -0.790 e. The molecule has 4 nitrogen and oxygen atoms in total. The van der Waals surface area contributed by atoms with Gasteiger partial charge in [-0.3, -0.25) is 0 Å². The number of phosphoric acid groups is 1. The summed E-state index contributed by atoms with van der Waals surface area (Å²) in [5, 5.41) is 0. The van der Waals surface area contributed by atoms with Crippen LogP contribution in [0.15, 0.2) is 0 Å². The van der Waals surface area contributed by atoms with E-state index in [9.17, 15) is 14.4 Å². The van der Waals surface area contributed by atoms with Crippen molar-refractivity contribution in [2.75, 3.05) is 6.61 Å². The van der Waals surface area contributed by atoms with Crippen molar-refractivity contribution in [2.45, 2.75) is 104 Å². The molecule has 0 saturated heterocycles. The van der Waals surface area contributed by atoms with Crippen LogP contribution in [0.2, 0.25) is 0 Å². The predicted molar refractivity (Wildman–Crippen MR) is 93.0 cm³/mol. The first-order chi connectivity index (χ1) is 10.9. The zero-order chi connectivity index (χ0) is 17.4. The van der Waals surface area contributed by atoms with E-state index in [1.807, 2.05) is 0 Å². The van der Waals surface area contributed by atoms with Gasteiger partial charge in [-0.25, -0.2) is 0 Å². The summed E-state index contributed by atoms with van der Waals surface area (Å²) in [5.41, 5.74) is 0. The van der Waals surface area contributed by atoms with Gasteiger partial charge in [-0.05, 0) is 12.3 Å². The van der Waals surface area contributed by atoms with E-state index in [0.717, 1.165) is 18.8 Å². The van der Waals surface area contributed by atoms with Crippen LogP contribution < -0.4 is 113 Å². The molecule has 0 fully saturated rings. The van der Waals surface area contributed by atoms with Crippen molar-refractivity contribution in [1.29, 1.82) is 0 Å². The van der Waals surface area contributed by atoms with Crippen LogP contribution in [0, 0.1) is 5.92 Å². The second-order valence-corrected chi connectivity index (χ2v) is 8.21. The van der Waals surface area contributed by atoms with Crippen LogP contribution >= 0.6 is 7.82 Å². The third kappa shape index (κ3) is 32.3. The maximum Gasteiger partial charge on any atom is 1.00 e. The van der Waals surface area contributed by atoms with Gasteiger partial charge < -0.3 is 18.9 Å². The molecule has 25 heavy (non-hydrogen) atoms. The molecule has 0 heterocycles. The zero-order valence-electron chi connectivity index (χ0n) is 17.3. The van der Waals surface area contributed by atoms with Crippen molar-refractivity contribution in [2.24, 2.45) is 5.92 Å². The first-order valence-corrected chi connectivity index (χ1v) is 11.0. The van der Waals surface area contributed by atoms with Gasteiger partial charge in [0.15, 0.2) is 0 Å². The molecule has 0 rings (SSSR count). The topological polar surface area (TPSA) is 72.4 Å². The Bertz CT molecular complexity index is 299. The summed E-state index contributed by atoms with van der Waals surface area (Å²) in [5.74, 6) is 0.850. The molecule has 7 heteroatoms. The molecule has 0 atom stereocenters. The van der Waals surface area contributed by atoms with E-state index < -0.39 is 7.82 Å². The van der Waals surface area contributed by atoms with Gasteiger partial charge in [0.05, 0.1) is 14.4 Å². The fourth-order valence-corrected chi connectivity index (χ4v) is 3.13. The van der Waals surface area contributed by atoms with Crippen molar-refractivity contribution in [3.63, 3.8) is 0 Å². The Balaban J connectivity index is -0.00000242. The van der Waals surface area contributed by atoms with Crippen LogP contribution in [0.4, 0.5) is 0 Å². The van der Waals surface area contributed by atoms with E-state index in [-0.39, 0.29) is 109 Å². The van der Waals surface area contributed by atoms with E-state index >= 15 is 0 Å². The number of hydrogen-bond donors (Lipinski definition) is 0. The van der Waals surface area contributed by atoms with Gasteiger partial charge in [0, 0.05) is 0 Å². The van der Waals surface area contributed by atoms with Crippen molar-refractivity contribution in [1.82, 2.24) is 0 Å². The molecule has 140 valence electrons. The minimum absolute atomic E-state index is 0. The molecule has 0 amide bonds. The number of phosphoric ester groups is 1. The number of rotatable bonds is 17. The molecule has 0 aliphatic carbocycles. The first-order valence-electron chi connectivity index (χ1n) is 9.58. The van der Waals surface area contributed by atoms with Crippen LogP contribution in [0.3, 0.4) is 0 Å². The molecule has 0 aromatic heterocycles.